The van der Waals surface area contributed by atoms with E-state index in [1.165, 1.54) is 18.2 Å². The molecule has 0 radical (unpaired) electrons. The second-order valence-corrected chi connectivity index (χ2v) is 5.80. The number of benzene rings is 2. The normalized spacial score (nSPS) is 10.1. The molecule has 0 aliphatic carbocycles. The van der Waals surface area contributed by atoms with Gasteiger partial charge in [0.15, 0.2) is 6.61 Å². The first-order chi connectivity index (χ1) is 10.5. The third-order valence-corrected chi connectivity index (χ3v) is 3.58. The van der Waals surface area contributed by atoms with E-state index in [1.807, 2.05) is 12.1 Å². The highest BCUT2D eigenvalue weighted by molar-refractivity contribution is 14.1. The second kappa shape index (κ2) is 7.21. The first-order valence-electron chi connectivity index (χ1n) is 6.39. The van der Waals surface area contributed by atoms with Gasteiger partial charge < -0.3 is 10.1 Å². The molecule has 2 aromatic carbocycles. The van der Waals surface area contributed by atoms with Crippen molar-refractivity contribution in [1.29, 1.82) is 0 Å². The van der Waals surface area contributed by atoms with Crippen molar-refractivity contribution in [3.05, 3.63) is 61.7 Å². The van der Waals surface area contributed by atoms with Crippen LogP contribution in [0.3, 0.4) is 0 Å². The lowest BCUT2D eigenvalue weighted by atomic mass is 10.2. The summed E-state index contributed by atoms with van der Waals surface area (Å²) in [6, 6.07) is 11.6. The van der Waals surface area contributed by atoms with Gasteiger partial charge in [0.2, 0.25) is 0 Å². The van der Waals surface area contributed by atoms with Crippen LogP contribution in [0.1, 0.15) is 5.56 Å². The van der Waals surface area contributed by atoms with E-state index in [4.69, 9.17) is 4.74 Å². The zero-order chi connectivity index (χ0) is 16.1. The van der Waals surface area contributed by atoms with Crippen LogP contribution >= 0.6 is 22.6 Å². The van der Waals surface area contributed by atoms with Crippen molar-refractivity contribution >= 4 is 39.9 Å². The Balaban J connectivity index is 1.93. The van der Waals surface area contributed by atoms with E-state index in [9.17, 15) is 14.9 Å². The predicted molar refractivity (Wildman–Crippen MR) is 91.1 cm³/mol. The van der Waals surface area contributed by atoms with E-state index in [0.29, 0.717) is 17.0 Å². The molecule has 1 amide bonds. The van der Waals surface area contributed by atoms with Gasteiger partial charge in [-0.3, -0.25) is 14.9 Å². The summed E-state index contributed by atoms with van der Waals surface area (Å²) in [6.07, 6.45) is 0. The van der Waals surface area contributed by atoms with Crippen molar-refractivity contribution in [3.63, 3.8) is 0 Å². The van der Waals surface area contributed by atoms with Crippen LogP contribution in [-0.4, -0.2) is 17.4 Å². The van der Waals surface area contributed by atoms with Gasteiger partial charge in [0.25, 0.3) is 11.6 Å². The summed E-state index contributed by atoms with van der Waals surface area (Å²) >= 11 is 2.18. The summed E-state index contributed by atoms with van der Waals surface area (Å²) in [6.45, 7) is 1.53. The molecule has 0 spiro atoms. The molecule has 0 saturated carbocycles. The molecule has 2 rings (SSSR count). The number of hydrogen-bond acceptors (Lipinski definition) is 4. The average Bonchev–Trinajstić information content (AvgIpc) is 2.48. The number of nitrogens with one attached hydrogen (secondary N) is 1. The Hall–Kier alpha value is -2.16. The number of aryl methyl sites for hydroxylation is 1. The summed E-state index contributed by atoms with van der Waals surface area (Å²) in [4.78, 5) is 22.0. The van der Waals surface area contributed by atoms with Gasteiger partial charge in [-0.2, -0.15) is 0 Å². The number of anilines is 1. The number of nitro benzene ring substituents is 1. The van der Waals surface area contributed by atoms with Crippen LogP contribution in [-0.2, 0) is 4.79 Å². The van der Waals surface area contributed by atoms with E-state index < -0.39 is 4.92 Å². The van der Waals surface area contributed by atoms with Crippen LogP contribution in [0.25, 0.3) is 0 Å². The van der Waals surface area contributed by atoms with Crippen LogP contribution in [0.15, 0.2) is 42.5 Å². The molecular weight excluding hydrogens is 399 g/mol. The number of carbonyl (C=O) groups excluding carboxylic acids is 1. The molecular formula is C15H13IN2O4. The SMILES string of the molecule is Cc1cc([N+](=O)[O-])ccc1OCC(=O)Nc1ccc(I)cc1. The summed E-state index contributed by atoms with van der Waals surface area (Å²) < 4.78 is 6.47. The predicted octanol–water partition coefficient (Wildman–Crippen LogP) is 3.53. The quantitative estimate of drug-likeness (QED) is 0.463. The Morgan fingerprint density at radius 1 is 1.27 bits per heavy atom. The van der Waals surface area contributed by atoms with Crippen molar-refractivity contribution in [2.45, 2.75) is 6.92 Å². The van der Waals surface area contributed by atoms with E-state index in [2.05, 4.69) is 27.9 Å². The summed E-state index contributed by atoms with van der Waals surface area (Å²) in [5.41, 5.74) is 1.29. The average molecular weight is 412 g/mol. The number of rotatable bonds is 5. The molecule has 0 aromatic heterocycles. The highest BCUT2D eigenvalue weighted by Crippen LogP contribution is 2.23. The standard InChI is InChI=1S/C15H13IN2O4/c1-10-8-13(18(20)21)6-7-14(10)22-9-15(19)17-12-4-2-11(16)3-5-12/h2-8H,9H2,1H3,(H,17,19). The fourth-order valence-electron chi connectivity index (χ4n) is 1.78. The molecule has 0 fully saturated rings. The topological polar surface area (TPSA) is 81.5 Å². The van der Waals surface area contributed by atoms with Crippen molar-refractivity contribution in [1.82, 2.24) is 0 Å². The van der Waals surface area contributed by atoms with Gasteiger partial charge in [-0.25, -0.2) is 0 Å². The van der Waals surface area contributed by atoms with Crippen LogP contribution in [0.4, 0.5) is 11.4 Å². The maximum absolute atomic E-state index is 11.8. The second-order valence-electron chi connectivity index (χ2n) is 4.55. The Labute approximate surface area is 140 Å². The fourth-order valence-corrected chi connectivity index (χ4v) is 2.14. The van der Waals surface area contributed by atoms with Gasteiger partial charge in [0.05, 0.1) is 4.92 Å². The maximum Gasteiger partial charge on any atom is 0.269 e. The van der Waals surface area contributed by atoms with Crippen LogP contribution < -0.4 is 10.1 Å². The number of hydrogen-bond donors (Lipinski definition) is 1. The third kappa shape index (κ3) is 4.42. The van der Waals surface area contributed by atoms with Gasteiger partial charge in [0.1, 0.15) is 5.75 Å². The van der Waals surface area contributed by atoms with Gasteiger partial charge in [-0.1, -0.05) is 0 Å². The number of non-ortho nitro benzene ring substituents is 1. The summed E-state index contributed by atoms with van der Waals surface area (Å²) in [7, 11) is 0. The third-order valence-electron chi connectivity index (χ3n) is 2.86. The largest absolute Gasteiger partial charge is 0.483 e. The number of carbonyl (C=O) groups is 1. The van der Waals surface area contributed by atoms with E-state index in [0.717, 1.165) is 3.57 Å². The smallest absolute Gasteiger partial charge is 0.269 e. The van der Waals surface area contributed by atoms with Gasteiger partial charge >= 0.3 is 0 Å². The molecule has 2 aromatic rings. The van der Waals surface area contributed by atoms with Crippen LogP contribution in [0.2, 0.25) is 0 Å². The molecule has 0 aliphatic rings. The lowest BCUT2D eigenvalue weighted by Crippen LogP contribution is -2.20. The van der Waals surface area contributed by atoms with Crippen molar-refractivity contribution in [3.8, 4) is 5.75 Å². The molecule has 0 heterocycles. The molecule has 0 unspecified atom stereocenters. The monoisotopic (exact) mass is 412 g/mol. The van der Waals surface area contributed by atoms with Crippen LogP contribution in [0.5, 0.6) is 5.75 Å². The Bertz CT molecular complexity index is 701. The highest BCUT2D eigenvalue weighted by atomic mass is 127. The number of halogens is 1. The first-order valence-corrected chi connectivity index (χ1v) is 7.47. The number of amides is 1. The minimum absolute atomic E-state index is 0.00631. The van der Waals surface area contributed by atoms with Gasteiger partial charge in [-0.05, 0) is 65.4 Å². The number of ether oxygens (including phenoxy) is 1. The molecule has 0 aliphatic heterocycles. The Morgan fingerprint density at radius 2 is 1.95 bits per heavy atom. The summed E-state index contributed by atoms with van der Waals surface area (Å²) in [5.74, 6) is 0.155. The Morgan fingerprint density at radius 3 is 2.55 bits per heavy atom. The number of nitro groups is 1. The molecule has 114 valence electrons. The van der Waals surface area contributed by atoms with E-state index in [-0.39, 0.29) is 18.2 Å². The molecule has 1 N–H and O–H groups in total. The minimum Gasteiger partial charge on any atom is -0.483 e. The molecule has 22 heavy (non-hydrogen) atoms. The van der Waals surface area contributed by atoms with Crippen molar-refractivity contribution in [2.75, 3.05) is 11.9 Å². The van der Waals surface area contributed by atoms with Crippen molar-refractivity contribution in [2.24, 2.45) is 0 Å². The highest BCUT2D eigenvalue weighted by Gasteiger charge is 2.10. The Kier molecular flexibility index (Phi) is 5.31. The van der Waals surface area contributed by atoms with E-state index in [1.54, 1.807) is 19.1 Å². The molecule has 7 heteroatoms. The van der Waals surface area contributed by atoms with E-state index >= 15 is 0 Å². The maximum atomic E-state index is 11.8. The molecule has 0 saturated heterocycles. The molecule has 0 atom stereocenters. The number of nitrogens with zero attached hydrogens (tertiary/aromatic N) is 1. The molecule has 6 nitrogen and oxygen atoms in total. The molecule has 0 bridgehead atoms. The van der Waals surface area contributed by atoms with Crippen LogP contribution in [0, 0.1) is 20.6 Å². The van der Waals surface area contributed by atoms with Crippen molar-refractivity contribution < 1.29 is 14.5 Å². The zero-order valence-corrected chi connectivity index (χ0v) is 13.9. The minimum atomic E-state index is -0.472. The lowest BCUT2D eigenvalue weighted by Gasteiger charge is -2.09. The zero-order valence-electron chi connectivity index (χ0n) is 11.7. The van der Waals surface area contributed by atoms with Gasteiger partial charge in [-0.15, -0.1) is 0 Å². The summed E-state index contributed by atoms with van der Waals surface area (Å²) in [5, 5.41) is 13.4. The van der Waals surface area contributed by atoms with Gasteiger partial charge in [0, 0.05) is 21.4 Å². The lowest BCUT2D eigenvalue weighted by molar-refractivity contribution is -0.384. The first kappa shape index (κ1) is 16.2. The fraction of sp³-hybridized carbons (Fsp3) is 0.133.